The molecule has 5 nitrogen and oxygen atoms in total. The highest BCUT2D eigenvalue weighted by Gasteiger charge is 2.29. The highest BCUT2D eigenvalue weighted by Crippen LogP contribution is 2.30. The van der Waals surface area contributed by atoms with Crippen LogP contribution in [0.4, 0.5) is 5.69 Å². The molecule has 0 bridgehead atoms. The molecule has 0 aliphatic heterocycles. The van der Waals surface area contributed by atoms with Crippen molar-refractivity contribution < 1.29 is 9.59 Å². The highest BCUT2D eigenvalue weighted by molar-refractivity contribution is 5.94. The van der Waals surface area contributed by atoms with E-state index in [9.17, 15) is 9.59 Å². The lowest BCUT2D eigenvalue weighted by atomic mass is 10.1. The Morgan fingerprint density at radius 1 is 1.32 bits per heavy atom. The van der Waals surface area contributed by atoms with E-state index in [-0.39, 0.29) is 30.3 Å². The summed E-state index contributed by atoms with van der Waals surface area (Å²) in [5, 5.41) is 5.66. The molecule has 1 unspecified atom stereocenters. The molecule has 0 spiro atoms. The number of carbonyl (C=O) groups is 2. The van der Waals surface area contributed by atoms with Crippen molar-refractivity contribution in [1.82, 2.24) is 5.32 Å². The van der Waals surface area contributed by atoms with Crippen molar-refractivity contribution in [3.05, 3.63) is 29.8 Å². The van der Waals surface area contributed by atoms with E-state index in [1.807, 2.05) is 31.2 Å². The van der Waals surface area contributed by atoms with Gasteiger partial charge in [-0.3, -0.25) is 9.59 Å². The Kier molecular flexibility index (Phi) is 4.16. The minimum atomic E-state index is -0.182. The molecule has 1 aliphatic rings. The van der Waals surface area contributed by atoms with Crippen LogP contribution in [-0.2, 0) is 9.59 Å². The zero-order chi connectivity index (χ0) is 13.8. The van der Waals surface area contributed by atoms with Gasteiger partial charge in [0, 0.05) is 11.6 Å². The molecule has 1 atom stereocenters. The molecule has 0 heterocycles. The lowest BCUT2D eigenvalue weighted by Gasteiger charge is -2.14. The van der Waals surface area contributed by atoms with E-state index in [0.29, 0.717) is 0 Å². The molecule has 1 aromatic rings. The summed E-state index contributed by atoms with van der Waals surface area (Å²) in [5.41, 5.74) is 7.02. The summed E-state index contributed by atoms with van der Waals surface area (Å²) in [5.74, 6) is 0.110. The third-order valence-electron chi connectivity index (χ3n) is 3.19. The Labute approximate surface area is 112 Å². The Balaban J connectivity index is 1.93. The van der Waals surface area contributed by atoms with Crippen molar-refractivity contribution in [3.8, 4) is 0 Å². The molecule has 4 N–H and O–H groups in total. The van der Waals surface area contributed by atoms with Crippen molar-refractivity contribution in [2.24, 2.45) is 11.7 Å². The summed E-state index contributed by atoms with van der Waals surface area (Å²) < 4.78 is 0. The van der Waals surface area contributed by atoms with Gasteiger partial charge in [-0.25, -0.2) is 0 Å². The molecular weight excluding hydrogens is 242 g/mol. The van der Waals surface area contributed by atoms with Gasteiger partial charge in [-0.2, -0.15) is 0 Å². The van der Waals surface area contributed by atoms with Crippen LogP contribution in [0.25, 0.3) is 0 Å². The number of amides is 2. The molecular formula is C14H19N3O2. The molecule has 0 saturated heterocycles. The molecule has 1 aliphatic carbocycles. The normalized spacial score (nSPS) is 15.7. The standard InChI is InChI=1S/C14H19N3O2/c1-9(16-13(18)8-15)10-4-6-12(7-5-10)17-14(19)11-2-3-11/h4-7,9,11H,2-3,8,15H2,1H3,(H,16,18)(H,17,19). The zero-order valence-electron chi connectivity index (χ0n) is 11.0. The summed E-state index contributed by atoms with van der Waals surface area (Å²) >= 11 is 0. The van der Waals surface area contributed by atoms with Crippen LogP contribution in [0.15, 0.2) is 24.3 Å². The quantitative estimate of drug-likeness (QED) is 0.744. The highest BCUT2D eigenvalue weighted by atomic mass is 16.2. The third kappa shape index (κ3) is 3.79. The Morgan fingerprint density at radius 3 is 2.47 bits per heavy atom. The number of hydrogen-bond acceptors (Lipinski definition) is 3. The van der Waals surface area contributed by atoms with E-state index >= 15 is 0 Å². The van der Waals surface area contributed by atoms with Crippen molar-refractivity contribution in [1.29, 1.82) is 0 Å². The Bertz CT molecular complexity index is 466. The molecule has 2 amide bonds. The second-order valence-electron chi connectivity index (χ2n) is 4.88. The second-order valence-corrected chi connectivity index (χ2v) is 4.88. The molecule has 5 heteroatoms. The molecule has 0 radical (unpaired) electrons. The fourth-order valence-electron chi connectivity index (χ4n) is 1.83. The summed E-state index contributed by atoms with van der Waals surface area (Å²) in [7, 11) is 0. The molecule has 1 fully saturated rings. The van der Waals surface area contributed by atoms with Gasteiger partial charge in [0.1, 0.15) is 0 Å². The van der Waals surface area contributed by atoms with Gasteiger partial charge in [0.2, 0.25) is 11.8 Å². The summed E-state index contributed by atoms with van der Waals surface area (Å²) in [6.45, 7) is 1.88. The number of rotatable bonds is 5. The molecule has 0 aromatic heterocycles. The number of carbonyl (C=O) groups excluding carboxylic acids is 2. The van der Waals surface area contributed by atoms with E-state index in [0.717, 1.165) is 24.1 Å². The molecule has 1 saturated carbocycles. The maximum Gasteiger partial charge on any atom is 0.234 e. The van der Waals surface area contributed by atoms with Crippen LogP contribution in [-0.4, -0.2) is 18.4 Å². The molecule has 19 heavy (non-hydrogen) atoms. The van der Waals surface area contributed by atoms with Crippen LogP contribution in [0.1, 0.15) is 31.4 Å². The molecule has 102 valence electrons. The Morgan fingerprint density at radius 2 is 1.95 bits per heavy atom. The number of nitrogens with one attached hydrogen (secondary N) is 2. The lowest BCUT2D eigenvalue weighted by Crippen LogP contribution is -2.32. The van der Waals surface area contributed by atoms with Crippen LogP contribution in [0, 0.1) is 5.92 Å². The Hall–Kier alpha value is -1.88. The monoisotopic (exact) mass is 261 g/mol. The smallest absolute Gasteiger partial charge is 0.234 e. The zero-order valence-corrected chi connectivity index (χ0v) is 11.0. The number of benzene rings is 1. The van der Waals surface area contributed by atoms with Crippen molar-refractivity contribution >= 4 is 17.5 Å². The van der Waals surface area contributed by atoms with Crippen molar-refractivity contribution in [2.75, 3.05) is 11.9 Å². The van der Waals surface area contributed by atoms with E-state index < -0.39 is 0 Å². The van der Waals surface area contributed by atoms with Gasteiger partial charge in [-0.05, 0) is 37.5 Å². The van der Waals surface area contributed by atoms with Gasteiger partial charge >= 0.3 is 0 Å². The van der Waals surface area contributed by atoms with Crippen LogP contribution in [0.2, 0.25) is 0 Å². The first-order valence-electron chi connectivity index (χ1n) is 6.50. The van der Waals surface area contributed by atoms with Gasteiger partial charge in [-0.15, -0.1) is 0 Å². The topological polar surface area (TPSA) is 84.2 Å². The average Bonchev–Trinajstić information content (AvgIpc) is 3.23. The van der Waals surface area contributed by atoms with E-state index in [1.165, 1.54) is 0 Å². The maximum absolute atomic E-state index is 11.6. The SMILES string of the molecule is CC(NC(=O)CN)c1ccc(NC(=O)C2CC2)cc1. The van der Waals surface area contributed by atoms with Gasteiger partial charge in [0.05, 0.1) is 12.6 Å². The van der Waals surface area contributed by atoms with Crippen molar-refractivity contribution in [3.63, 3.8) is 0 Å². The van der Waals surface area contributed by atoms with Gasteiger partial charge < -0.3 is 16.4 Å². The summed E-state index contributed by atoms with van der Waals surface area (Å²) in [6, 6.07) is 7.39. The first-order valence-corrected chi connectivity index (χ1v) is 6.50. The maximum atomic E-state index is 11.6. The minimum absolute atomic E-state index is 0.0140. The number of hydrogen-bond donors (Lipinski definition) is 3. The fourth-order valence-corrected chi connectivity index (χ4v) is 1.83. The average molecular weight is 261 g/mol. The first-order chi connectivity index (χ1) is 9.10. The summed E-state index contributed by atoms with van der Waals surface area (Å²) in [4.78, 5) is 22.8. The molecule has 2 rings (SSSR count). The number of anilines is 1. The predicted octanol–water partition coefficient (Wildman–Crippen LogP) is 1.17. The van der Waals surface area contributed by atoms with E-state index in [2.05, 4.69) is 10.6 Å². The number of nitrogens with two attached hydrogens (primary N) is 1. The van der Waals surface area contributed by atoms with Crippen LogP contribution >= 0.6 is 0 Å². The van der Waals surface area contributed by atoms with Crippen LogP contribution < -0.4 is 16.4 Å². The minimum Gasteiger partial charge on any atom is -0.348 e. The van der Waals surface area contributed by atoms with Gasteiger partial charge in [-0.1, -0.05) is 12.1 Å². The molecule has 1 aromatic carbocycles. The van der Waals surface area contributed by atoms with Crippen LogP contribution in [0.3, 0.4) is 0 Å². The van der Waals surface area contributed by atoms with Gasteiger partial charge in [0.15, 0.2) is 0 Å². The second kappa shape index (κ2) is 5.84. The lowest BCUT2D eigenvalue weighted by molar-refractivity contribution is -0.120. The first kappa shape index (κ1) is 13.5. The van der Waals surface area contributed by atoms with E-state index in [4.69, 9.17) is 5.73 Å². The van der Waals surface area contributed by atoms with Gasteiger partial charge in [0.25, 0.3) is 0 Å². The largest absolute Gasteiger partial charge is 0.348 e. The predicted molar refractivity (Wildman–Crippen MR) is 73.4 cm³/mol. The summed E-state index contributed by atoms with van der Waals surface area (Å²) in [6.07, 6.45) is 1.98. The third-order valence-corrected chi connectivity index (χ3v) is 3.19. The fraction of sp³-hybridized carbons (Fsp3) is 0.429. The van der Waals surface area contributed by atoms with Crippen molar-refractivity contribution in [2.45, 2.75) is 25.8 Å². The van der Waals surface area contributed by atoms with Crippen LogP contribution in [0.5, 0.6) is 0 Å². The van der Waals surface area contributed by atoms with E-state index in [1.54, 1.807) is 0 Å².